The average molecular weight is 274 g/mol. The van der Waals surface area contributed by atoms with E-state index in [1.807, 2.05) is 12.1 Å². The molecule has 1 aliphatic carbocycles. The van der Waals surface area contributed by atoms with E-state index in [-0.39, 0.29) is 0 Å². The van der Waals surface area contributed by atoms with Gasteiger partial charge in [-0.3, -0.25) is 0 Å². The van der Waals surface area contributed by atoms with Gasteiger partial charge < -0.3 is 11.1 Å². The van der Waals surface area contributed by atoms with Gasteiger partial charge in [0.15, 0.2) is 11.0 Å². The van der Waals surface area contributed by atoms with E-state index in [2.05, 4.69) is 22.6 Å². The lowest BCUT2D eigenvalue weighted by Crippen LogP contribution is -2.16. The Bertz CT molecular complexity index is 580. The van der Waals surface area contributed by atoms with Gasteiger partial charge in [0.2, 0.25) is 0 Å². The molecule has 1 fully saturated rings. The first-order chi connectivity index (χ1) is 9.74. The summed E-state index contributed by atoms with van der Waals surface area (Å²) in [5.74, 6) is 1.74. The first-order valence-corrected chi connectivity index (χ1v) is 7.48. The second-order valence-electron chi connectivity index (χ2n) is 6.02. The second-order valence-corrected chi connectivity index (χ2v) is 6.02. The fourth-order valence-corrected chi connectivity index (χ4v) is 3.26. The normalized spacial score (nSPS) is 23.1. The fraction of sp³-hybridized carbons (Fsp3) is 0.600. The maximum absolute atomic E-state index is 5.84. The van der Waals surface area contributed by atoms with E-state index < -0.39 is 0 Å². The molecule has 0 radical (unpaired) electrons. The lowest BCUT2D eigenvalue weighted by atomic mass is 9.81. The van der Waals surface area contributed by atoms with Crippen LogP contribution in [0.3, 0.4) is 0 Å². The molecule has 2 atom stereocenters. The summed E-state index contributed by atoms with van der Waals surface area (Å²) in [4.78, 5) is 0. The van der Waals surface area contributed by atoms with Crippen molar-refractivity contribution in [1.82, 2.24) is 10.3 Å². The molecular formula is C15H22N4O. The van der Waals surface area contributed by atoms with Crippen molar-refractivity contribution in [1.29, 1.82) is 0 Å². The molecule has 5 heteroatoms. The molecule has 1 saturated carbocycles. The SMILES string of the molecule is CC1CCCC(CCNc2ccc(N)c3nonc23)C1. The number of nitrogen functional groups attached to an aromatic ring is 1. The molecule has 3 N–H and O–H groups in total. The summed E-state index contributed by atoms with van der Waals surface area (Å²) in [6, 6.07) is 3.79. The van der Waals surface area contributed by atoms with Crippen molar-refractivity contribution in [2.45, 2.75) is 39.0 Å². The first kappa shape index (κ1) is 13.2. The molecule has 2 unspecified atom stereocenters. The van der Waals surface area contributed by atoms with Gasteiger partial charge in [-0.25, -0.2) is 4.63 Å². The molecule has 2 aromatic rings. The number of aromatic nitrogens is 2. The van der Waals surface area contributed by atoms with Gasteiger partial charge in [0.25, 0.3) is 0 Å². The van der Waals surface area contributed by atoms with Gasteiger partial charge in [-0.15, -0.1) is 0 Å². The third-order valence-corrected chi connectivity index (χ3v) is 4.36. The van der Waals surface area contributed by atoms with Crippen LogP contribution in [0, 0.1) is 11.8 Å². The van der Waals surface area contributed by atoms with Crippen LogP contribution >= 0.6 is 0 Å². The highest BCUT2D eigenvalue weighted by Crippen LogP contribution is 2.31. The number of nitrogens with two attached hydrogens (primary N) is 1. The van der Waals surface area contributed by atoms with Crippen LogP contribution in [0.25, 0.3) is 11.0 Å². The van der Waals surface area contributed by atoms with Crippen LogP contribution in [-0.2, 0) is 0 Å². The lowest BCUT2D eigenvalue weighted by molar-refractivity contribution is 0.274. The monoisotopic (exact) mass is 274 g/mol. The van der Waals surface area contributed by atoms with Gasteiger partial charge in [-0.05, 0) is 47.1 Å². The van der Waals surface area contributed by atoms with Gasteiger partial charge in [-0.1, -0.05) is 26.2 Å². The van der Waals surface area contributed by atoms with E-state index in [0.29, 0.717) is 11.2 Å². The summed E-state index contributed by atoms with van der Waals surface area (Å²) in [6.45, 7) is 3.33. The maximum atomic E-state index is 5.84. The zero-order valence-electron chi connectivity index (χ0n) is 11.9. The molecule has 1 aliphatic rings. The number of hydrogen-bond acceptors (Lipinski definition) is 5. The molecule has 0 bridgehead atoms. The smallest absolute Gasteiger partial charge is 0.160 e. The molecule has 20 heavy (non-hydrogen) atoms. The van der Waals surface area contributed by atoms with E-state index in [9.17, 15) is 0 Å². The first-order valence-electron chi connectivity index (χ1n) is 7.48. The Morgan fingerprint density at radius 1 is 1.30 bits per heavy atom. The highest BCUT2D eigenvalue weighted by Gasteiger charge is 2.18. The van der Waals surface area contributed by atoms with Gasteiger partial charge in [-0.2, -0.15) is 0 Å². The van der Waals surface area contributed by atoms with Crippen molar-refractivity contribution in [2.75, 3.05) is 17.6 Å². The summed E-state index contributed by atoms with van der Waals surface area (Å²) in [5.41, 5.74) is 8.77. The van der Waals surface area contributed by atoms with E-state index in [4.69, 9.17) is 10.4 Å². The largest absolute Gasteiger partial charge is 0.397 e. The number of hydrogen-bond donors (Lipinski definition) is 2. The van der Waals surface area contributed by atoms with Crippen LogP contribution in [0.1, 0.15) is 39.0 Å². The molecule has 1 aromatic heterocycles. The molecule has 0 amide bonds. The van der Waals surface area contributed by atoms with Crippen molar-refractivity contribution >= 4 is 22.4 Å². The zero-order chi connectivity index (χ0) is 13.9. The van der Waals surface area contributed by atoms with E-state index in [1.165, 1.54) is 32.1 Å². The highest BCUT2D eigenvalue weighted by molar-refractivity contribution is 5.94. The third kappa shape index (κ3) is 2.71. The Kier molecular flexibility index (Phi) is 3.76. The highest BCUT2D eigenvalue weighted by atomic mass is 16.6. The van der Waals surface area contributed by atoms with Crippen molar-refractivity contribution in [3.8, 4) is 0 Å². The van der Waals surface area contributed by atoms with Crippen LogP contribution in [0.5, 0.6) is 0 Å². The summed E-state index contributed by atoms with van der Waals surface area (Å²) in [7, 11) is 0. The summed E-state index contributed by atoms with van der Waals surface area (Å²) < 4.78 is 4.78. The third-order valence-electron chi connectivity index (χ3n) is 4.36. The minimum atomic E-state index is 0.605. The number of nitrogens with one attached hydrogen (secondary N) is 1. The fourth-order valence-electron chi connectivity index (χ4n) is 3.26. The quantitative estimate of drug-likeness (QED) is 0.835. The molecule has 108 valence electrons. The minimum Gasteiger partial charge on any atom is -0.397 e. The van der Waals surface area contributed by atoms with Crippen molar-refractivity contribution in [3.05, 3.63) is 12.1 Å². The Balaban J connectivity index is 1.60. The van der Waals surface area contributed by atoms with Crippen molar-refractivity contribution in [3.63, 3.8) is 0 Å². The number of fused-ring (bicyclic) bond motifs is 1. The molecule has 1 aromatic carbocycles. The number of rotatable bonds is 4. The minimum absolute atomic E-state index is 0.605. The second kappa shape index (κ2) is 5.69. The number of benzene rings is 1. The van der Waals surface area contributed by atoms with Crippen molar-refractivity contribution < 1.29 is 4.63 Å². The summed E-state index contributed by atoms with van der Waals surface area (Å²) >= 11 is 0. The molecule has 0 aliphatic heterocycles. The van der Waals surface area contributed by atoms with Crippen molar-refractivity contribution in [2.24, 2.45) is 11.8 Å². The van der Waals surface area contributed by atoms with Crippen LogP contribution in [0.15, 0.2) is 16.8 Å². The molecule has 1 heterocycles. The van der Waals surface area contributed by atoms with Crippen LogP contribution in [-0.4, -0.2) is 16.9 Å². The van der Waals surface area contributed by atoms with Gasteiger partial charge in [0.1, 0.15) is 0 Å². The van der Waals surface area contributed by atoms with Gasteiger partial charge in [0.05, 0.1) is 11.4 Å². The maximum Gasteiger partial charge on any atom is 0.160 e. The number of anilines is 2. The van der Waals surface area contributed by atoms with Crippen LogP contribution in [0.2, 0.25) is 0 Å². The number of nitrogens with zero attached hydrogens (tertiary/aromatic N) is 2. The Labute approximate surface area is 118 Å². The topological polar surface area (TPSA) is 77.0 Å². The summed E-state index contributed by atoms with van der Waals surface area (Å²) in [5, 5.41) is 11.2. The lowest BCUT2D eigenvalue weighted by Gasteiger charge is -2.26. The molecular weight excluding hydrogens is 252 g/mol. The average Bonchev–Trinajstić information content (AvgIpc) is 2.92. The Hall–Kier alpha value is -1.78. The molecule has 0 spiro atoms. The Morgan fingerprint density at radius 2 is 2.15 bits per heavy atom. The van der Waals surface area contributed by atoms with E-state index in [1.54, 1.807) is 0 Å². The predicted molar refractivity (Wildman–Crippen MR) is 80.4 cm³/mol. The molecule has 5 nitrogen and oxygen atoms in total. The van der Waals surface area contributed by atoms with Crippen LogP contribution in [0.4, 0.5) is 11.4 Å². The van der Waals surface area contributed by atoms with Gasteiger partial charge in [0, 0.05) is 6.54 Å². The predicted octanol–water partition coefficient (Wildman–Crippen LogP) is 3.43. The van der Waals surface area contributed by atoms with Gasteiger partial charge >= 0.3 is 0 Å². The standard InChI is InChI=1S/C15H22N4O/c1-10-3-2-4-11(9-10)7-8-17-13-6-5-12(16)14-15(13)19-20-18-14/h5-6,10-11,17H,2-4,7-9,16H2,1H3. The Morgan fingerprint density at radius 3 is 3.00 bits per heavy atom. The van der Waals surface area contributed by atoms with E-state index >= 15 is 0 Å². The summed E-state index contributed by atoms with van der Waals surface area (Å²) in [6.07, 6.45) is 6.72. The zero-order valence-corrected chi connectivity index (χ0v) is 11.9. The molecule has 0 saturated heterocycles. The molecule has 3 rings (SSSR count). The van der Waals surface area contributed by atoms with E-state index in [0.717, 1.165) is 29.6 Å². The van der Waals surface area contributed by atoms with Crippen LogP contribution < -0.4 is 11.1 Å².